The van der Waals surface area contributed by atoms with Gasteiger partial charge in [0.05, 0.1) is 39.9 Å². The van der Waals surface area contributed by atoms with Crippen molar-refractivity contribution in [3.05, 3.63) is 54.6 Å². The van der Waals surface area contributed by atoms with E-state index in [1.54, 1.807) is 63.9 Å². The zero-order valence-electron chi connectivity index (χ0n) is 21.9. The molecule has 0 saturated carbocycles. The van der Waals surface area contributed by atoms with Crippen LogP contribution in [0.3, 0.4) is 0 Å². The number of rotatable bonds is 10. The smallest absolute Gasteiger partial charge is 0.251 e. The third-order valence-electron chi connectivity index (χ3n) is 8.06. The molecule has 206 valence electrons. The standard InChI is InChI=1S/C28H35BrClN3O4S/c1-6-12-31(5)25(35)21-22-26(36)33(20(15-34)16(3)4)24(28(22)14-17(29)23(21)38-28)27(37)32(13-7-2)19-11-9-8-10-18(19)30/h6-11,16-17,20-24,34H,1-2,12-15H2,3-5H3/t17?,20-,21-,22-,23-,24?,28?/m0/s1. The number of likely N-dealkylation sites (N-methyl/N-ethyl adjacent to an activating group) is 1. The molecule has 3 aliphatic rings. The minimum absolute atomic E-state index is 0.0438. The van der Waals surface area contributed by atoms with Gasteiger partial charge in [0.15, 0.2) is 0 Å². The number of benzene rings is 1. The first kappa shape index (κ1) is 29.2. The summed E-state index contributed by atoms with van der Waals surface area (Å²) in [6, 6.07) is 5.63. The molecule has 1 aromatic carbocycles. The Labute approximate surface area is 242 Å². The van der Waals surface area contributed by atoms with Crippen molar-refractivity contribution < 1.29 is 19.5 Å². The predicted octanol–water partition coefficient (Wildman–Crippen LogP) is 3.98. The monoisotopic (exact) mass is 623 g/mol. The summed E-state index contributed by atoms with van der Waals surface area (Å²) in [7, 11) is 1.71. The van der Waals surface area contributed by atoms with Crippen molar-refractivity contribution in [2.75, 3.05) is 31.6 Å². The molecule has 3 saturated heterocycles. The number of hydrogen-bond acceptors (Lipinski definition) is 5. The van der Waals surface area contributed by atoms with Crippen LogP contribution in [0.5, 0.6) is 0 Å². The van der Waals surface area contributed by atoms with Crippen molar-refractivity contribution in [2.24, 2.45) is 17.8 Å². The number of hydrogen-bond donors (Lipinski definition) is 1. The highest BCUT2D eigenvalue weighted by Crippen LogP contribution is 2.68. The number of nitrogens with zero attached hydrogens (tertiary/aromatic N) is 3. The van der Waals surface area contributed by atoms with Gasteiger partial charge in [0.2, 0.25) is 11.8 Å². The molecular weight excluding hydrogens is 590 g/mol. The highest BCUT2D eigenvalue weighted by Gasteiger charge is 2.76. The van der Waals surface area contributed by atoms with Gasteiger partial charge in [-0.1, -0.05) is 65.7 Å². The van der Waals surface area contributed by atoms with Crippen molar-refractivity contribution in [1.29, 1.82) is 0 Å². The number of carbonyl (C=O) groups excluding carboxylic acids is 3. The van der Waals surface area contributed by atoms with Crippen LogP contribution in [-0.4, -0.2) is 86.3 Å². The second kappa shape index (κ2) is 11.4. The Balaban J connectivity index is 1.87. The number of aliphatic hydroxyl groups is 1. The molecule has 3 heterocycles. The Kier molecular flexibility index (Phi) is 8.72. The SMILES string of the molecule is C=CCN(C)C(=O)[C@H]1[C@H]2C(=O)N([C@@H](CO)C(C)C)C(C(=O)N(CC=C)c3ccccc3Cl)C23CC(Br)[C@@H]1S3. The first-order valence-electron chi connectivity index (χ1n) is 12.8. The van der Waals surface area contributed by atoms with E-state index in [1.807, 2.05) is 19.9 Å². The van der Waals surface area contributed by atoms with E-state index in [0.29, 0.717) is 23.7 Å². The molecule has 3 amide bonds. The molecule has 4 rings (SSSR count). The fraction of sp³-hybridized carbons (Fsp3) is 0.536. The summed E-state index contributed by atoms with van der Waals surface area (Å²) in [5.74, 6) is -2.02. The Bertz CT molecular complexity index is 1140. The van der Waals surface area contributed by atoms with E-state index in [1.165, 1.54) is 0 Å². The van der Waals surface area contributed by atoms with Gasteiger partial charge in [-0.15, -0.1) is 24.9 Å². The van der Waals surface area contributed by atoms with Crippen molar-refractivity contribution in [3.63, 3.8) is 0 Å². The number of aliphatic hydroxyl groups excluding tert-OH is 1. The largest absolute Gasteiger partial charge is 0.394 e. The van der Waals surface area contributed by atoms with Crippen LogP contribution >= 0.6 is 39.3 Å². The molecule has 0 radical (unpaired) electrons. The number of anilines is 1. The molecule has 2 bridgehead atoms. The van der Waals surface area contributed by atoms with Gasteiger partial charge in [0, 0.05) is 30.2 Å². The summed E-state index contributed by atoms with van der Waals surface area (Å²) >= 11 is 11.9. The van der Waals surface area contributed by atoms with Gasteiger partial charge < -0.3 is 19.8 Å². The minimum atomic E-state index is -0.881. The fourth-order valence-electron chi connectivity index (χ4n) is 6.40. The highest BCUT2D eigenvalue weighted by molar-refractivity contribution is 9.09. The van der Waals surface area contributed by atoms with Gasteiger partial charge >= 0.3 is 0 Å². The van der Waals surface area contributed by atoms with Crippen LogP contribution in [0, 0.1) is 17.8 Å². The lowest BCUT2D eigenvalue weighted by molar-refractivity contribution is -0.145. The average molecular weight is 625 g/mol. The van der Waals surface area contributed by atoms with Gasteiger partial charge in [-0.2, -0.15) is 0 Å². The number of halogens is 2. The quantitative estimate of drug-likeness (QED) is 0.315. The Morgan fingerprint density at radius 2 is 1.92 bits per heavy atom. The molecule has 1 N–H and O–H groups in total. The van der Waals surface area contributed by atoms with Crippen molar-refractivity contribution in [3.8, 4) is 0 Å². The van der Waals surface area contributed by atoms with Crippen LogP contribution in [0.4, 0.5) is 5.69 Å². The molecule has 10 heteroatoms. The van der Waals surface area contributed by atoms with Crippen molar-refractivity contribution >= 4 is 62.7 Å². The number of amides is 3. The number of fused-ring (bicyclic) bond motifs is 1. The maximum atomic E-state index is 14.6. The van der Waals surface area contributed by atoms with Crippen molar-refractivity contribution in [1.82, 2.24) is 9.80 Å². The van der Waals surface area contributed by atoms with E-state index in [0.717, 1.165) is 0 Å². The summed E-state index contributed by atoms with van der Waals surface area (Å²) in [5.41, 5.74) is 0.530. The first-order valence-corrected chi connectivity index (χ1v) is 15.0. The van der Waals surface area contributed by atoms with E-state index in [-0.39, 0.29) is 46.9 Å². The lowest BCUT2D eigenvalue weighted by Crippen LogP contribution is -2.59. The molecule has 1 spiro atoms. The Morgan fingerprint density at radius 1 is 1.26 bits per heavy atom. The van der Waals surface area contributed by atoms with Gasteiger partial charge in [0.25, 0.3) is 5.91 Å². The summed E-state index contributed by atoms with van der Waals surface area (Å²) in [6.45, 7) is 11.7. The van der Waals surface area contributed by atoms with Gasteiger partial charge in [-0.25, -0.2) is 0 Å². The molecule has 1 aromatic rings. The van der Waals surface area contributed by atoms with Crippen LogP contribution in [0.25, 0.3) is 0 Å². The number of alkyl halides is 1. The van der Waals surface area contributed by atoms with Crippen LogP contribution < -0.4 is 4.90 Å². The van der Waals surface area contributed by atoms with Crippen LogP contribution in [0.15, 0.2) is 49.6 Å². The molecule has 38 heavy (non-hydrogen) atoms. The van der Waals surface area contributed by atoms with Crippen LogP contribution in [0.2, 0.25) is 5.02 Å². The number of thioether (sulfide) groups is 1. The van der Waals surface area contributed by atoms with E-state index < -0.39 is 28.7 Å². The van der Waals surface area contributed by atoms with E-state index in [9.17, 15) is 19.5 Å². The van der Waals surface area contributed by atoms with Gasteiger partial charge in [-0.3, -0.25) is 14.4 Å². The maximum Gasteiger partial charge on any atom is 0.251 e. The summed E-state index contributed by atoms with van der Waals surface area (Å²) in [5, 5.41) is 10.7. The predicted molar refractivity (Wildman–Crippen MR) is 157 cm³/mol. The summed E-state index contributed by atoms with van der Waals surface area (Å²) in [6.07, 6.45) is 3.85. The average Bonchev–Trinajstić information content (AvgIpc) is 3.46. The second-order valence-electron chi connectivity index (χ2n) is 10.6. The topological polar surface area (TPSA) is 81.2 Å². The molecule has 3 unspecified atom stereocenters. The second-order valence-corrected chi connectivity index (χ2v) is 13.7. The molecule has 0 aromatic heterocycles. The summed E-state index contributed by atoms with van der Waals surface area (Å²) < 4.78 is -0.828. The lowest BCUT2D eigenvalue weighted by atomic mass is 9.70. The third kappa shape index (κ3) is 4.53. The number of para-hydroxylation sites is 1. The summed E-state index contributed by atoms with van der Waals surface area (Å²) in [4.78, 5) is 47.4. The van der Waals surface area contributed by atoms with Crippen LogP contribution in [0.1, 0.15) is 20.3 Å². The maximum absolute atomic E-state index is 14.6. The normalized spacial score (nSPS) is 30.3. The lowest BCUT2D eigenvalue weighted by Gasteiger charge is -2.41. The molecule has 7 atom stereocenters. The fourth-order valence-corrected chi connectivity index (χ4v) is 10.2. The Morgan fingerprint density at radius 3 is 2.50 bits per heavy atom. The number of likely N-dealkylation sites (tertiary alicyclic amines) is 1. The molecule has 7 nitrogen and oxygen atoms in total. The molecule has 3 fully saturated rings. The highest BCUT2D eigenvalue weighted by atomic mass is 79.9. The zero-order chi connectivity index (χ0) is 27.9. The van der Waals surface area contributed by atoms with Crippen LogP contribution in [-0.2, 0) is 14.4 Å². The molecule has 3 aliphatic heterocycles. The minimum Gasteiger partial charge on any atom is -0.394 e. The van der Waals surface area contributed by atoms with E-state index in [4.69, 9.17) is 11.6 Å². The zero-order valence-corrected chi connectivity index (χ0v) is 25.1. The molecule has 0 aliphatic carbocycles. The van der Waals surface area contributed by atoms with E-state index in [2.05, 4.69) is 29.1 Å². The van der Waals surface area contributed by atoms with Crippen molar-refractivity contribution in [2.45, 2.75) is 47.2 Å². The number of carbonyl (C=O) groups is 3. The Hall–Kier alpha value is -1.81. The van der Waals surface area contributed by atoms with Gasteiger partial charge in [-0.05, 0) is 24.5 Å². The van der Waals surface area contributed by atoms with Gasteiger partial charge in [0.1, 0.15) is 6.04 Å². The molecular formula is C28H35BrClN3O4S. The van der Waals surface area contributed by atoms with E-state index >= 15 is 0 Å². The first-order chi connectivity index (χ1) is 18.0. The third-order valence-corrected chi connectivity index (χ3v) is 11.6.